The molecule has 1 fully saturated rings. The highest BCUT2D eigenvalue weighted by molar-refractivity contribution is 5.80. The van der Waals surface area contributed by atoms with Gasteiger partial charge in [0.1, 0.15) is 18.5 Å². The Labute approximate surface area is 165 Å². The van der Waals surface area contributed by atoms with E-state index in [1.54, 1.807) is 0 Å². The molecule has 2 aromatic carbocycles. The van der Waals surface area contributed by atoms with Crippen LogP contribution in [0.15, 0.2) is 72.0 Å². The number of carbonyl (C=O) groups excluding carboxylic acids is 1. The van der Waals surface area contributed by atoms with E-state index in [-0.39, 0.29) is 11.3 Å². The fourth-order valence-electron chi connectivity index (χ4n) is 3.99. The first-order valence-electron chi connectivity index (χ1n) is 9.76. The Morgan fingerprint density at radius 2 is 1.86 bits per heavy atom. The van der Waals surface area contributed by atoms with Crippen molar-refractivity contribution in [2.45, 2.75) is 44.9 Å². The summed E-state index contributed by atoms with van der Waals surface area (Å²) >= 11 is 0. The maximum absolute atomic E-state index is 12.3. The molecule has 1 atom stereocenters. The van der Waals surface area contributed by atoms with Crippen LogP contribution in [0.25, 0.3) is 0 Å². The predicted molar refractivity (Wildman–Crippen MR) is 108 cm³/mol. The highest BCUT2D eigenvalue weighted by Gasteiger charge is 2.43. The van der Waals surface area contributed by atoms with Crippen molar-refractivity contribution in [2.24, 2.45) is 5.41 Å². The summed E-state index contributed by atoms with van der Waals surface area (Å²) in [5.41, 5.74) is 6.73. The number of aliphatic hydroxyl groups excluding tert-OH is 1. The van der Waals surface area contributed by atoms with Crippen LogP contribution in [0.3, 0.4) is 0 Å². The monoisotopic (exact) mass is 375 g/mol. The Bertz CT molecular complexity index is 882. The maximum Gasteiger partial charge on any atom is 0.249 e. The van der Waals surface area contributed by atoms with Crippen molar-refractivity contribution < 1.29 is 14.6 Å². The standard InChI is InChI=1S/C24H25NO3/c26-22(15-24-12-4-7-20(13-24)14-24)23(27)25-16-18-8-10-21(11-9-18)28-17-19-5-2-1-3-6-19/h1-6,8-11,22,26H,12-17H2,(H,25,27). The second-order valence-electron chi connectivity index (χ2n) is 7.87. The molecule has 3 aliphatic rings. The average Bonchev–Trinajstić information content (AvgIpc) is 2.71. The molecule has 2 aromatic rings. The van der Waals surface area contributed by atoms with Gasteiger partial charge in [0.25, 0.3) is 0 Å². The van der Waals surface area contributed by atoms with Crippen LogP contribution in [0.1, 0.15) is 36.8 Å². The molecule has 0 spiro atoms. The molecule has 0 aromatic heterocycles. The van der Waals surface area contributed by atoms with Crippen LogP contribution < -0.4 is 10.1 Å². The van der Waals surface area contributed by atoms with Gasteiger partial charge in [-0.3, -0.25) is 4.79 Å². The van der Waals surface area contributed by atoms with Gasteiger partial charge in [0.05, 0.1) is 0 Å². The van der Waals surface area contributed by atoms with Gasteiger partial charge in [0.2, 0.25) is 5.91 Å². The largest absolute Gasteiger partial charge is 0.489 e. The molecule has 0 saturated heterocycles. The number of hydrogen-bond acceptors (Lipinski definition) is 3. The number of nitrogens with one attached hydrogen (secondary N) is 1. The van der Waals surface area contributed by atoms with E-state index in [4.69, 9.17) is 4.74 Å². The first-order valence-corrected chi connectivity index (χ1v) is 9.76. The first-order chi connectivity index (χ1) is 13.6. The Balaban J connectivity index is 1.22. The summed E-state index contributed by atoms with van der Waals surface area (Å²) in [6.07, 6.45) is 4.45. The summed E-state index contributed by atoms with van der Waals surface area (Å²) in [6, 6.07) is 17.7. The minimum Gasteiger partial charge on any atom is -0.489 e. The molecule has 144 valence electrons. The normalized spacial score (nSPS) is 17.2. The Hall–Kier alpha value is -2.81. The van der Waals surface area contributed by atoms with Crippen LogP contribution in [-0.2, 0) is 17.9 Å². The minimum atomic E-state index is -0.957. The molecule has 2 bridgehead atoms. The van der Waals surface area contributed by atoms with E-state index in [0.29, 0.717) is 19.6 Å². The second-order valence-corrected chi connectivity index (χ2v) is 7.87. The summed E-state index contributed by atoms with van der Waals surface area (Å²) in [7, 11) is 0. The summed E-state index contributed by atoms with van der Waals surface area (Å²) in [6.45, 7) is 0.921. The molecule has 1 amide bonds. The SMILES string of the molecule is O=C(NCc1ccc(OCc2ccccc2)cc1)C(O)CC12CC=C=C(C1)C2. The van der Waals surface area contributed by atoms with Gasteiger partial charge in [-0.25, -0.2) is 0 Å². The van der Waals surface area contributed by atoms with Gasteiger partial charge in [-0.1, -0.05) is 42.5 Å². The van der Waals surface area contributed by atoms with Crippen molar-refractivity contribution in [3.8, 4) is 5.75 Å². The zero-order chi connectivity index (χ0) is 19.4. The van der Waals surface area contributed by atoms with E-state index < -0.39 is 6.10 Å². The molecule has 3 aliphatic carbocycles. The maximum atomic E-state index is 12.3. The summed E-state index contributed by atoms with van der Waals surface area (Å²) < 4.78 is 5.77. The number of rotatable bonds is 8. The smallest absolute Gasteiger partial charge is 0.249 e. The Morgan fingerprint density at radius 3 is 2.54 bits per heavy atom. The van der Waals surface area contributed by atoms with Crippen LogP contribution in [0.5, 0.6) is 5.75 Å². The molecule has 0 heterocycles. The topological polar surface area (TPSA) is 58.6 Å². The average molecular weight is 375 g/mol. The van der Waals surface area contributed by atoms with Crippen LogP contribution in [0.4, 0.5) is 0 Å². The van der Waals surface area contributed by atoms with Gasteiger partial charge in [0, 0.05) is 6.54 Å². The van der Waals surface area contributed by atoms with E-state index >= 15 is 0 Å². The van der Waals surface area contributed by atoms with Crippen molar-refractivity contribution in [2.75, 3.05) is 0 Å². The van der Waals surface area contributed by atoms with Crippen molar-refractivity contribution >= 4 is 5.91 Å². The summed E-state index contributed by atoms with van der Waals surface area (Å²) in [4.78, 5) is 12.3. The molecule has 1 unspecified atom stereocenters. The Kier molecular flexibility index (Phi) is 5.34. The van der Waals surface area contributed by atoms with Gasteiger partial charge < -0.3 is 15.2 Å². The Morgan fingerprint density at radius 1 is 1.11 bits per heavy atom. The van der Waals surface area contributed by atoms with Crippen molar-refractivity contribution in [3.63, 3.8) is 0 Å². The van der Waals surface area contributed by atoms with Gasteiger partial charge in [-0.2, -0.15) is 0 Å². The molecular formula is C24H25NO3. The van der Waals surface area contributed by atoms with E-state index in [1.807, 2.05) is 60.7 Å². The number of benzene rings is 2. The highest BCUT2D eigenvalue weighted by Crippen LogP contribution is 2.53. The highest BCUT2D eigenvalue weighted by atomic mass is 16.5. The third kappa shape index (κ3) is 4.36. The molecule has 5 rings (SSSR count). The molecule has 0 radical (unpaired) electrons. The van der Waals surface area contributed by atoms with Gasteiger partial charge >= 0.3 is 0 Å². The van der Waals surface area contributed by atoms with Crippen LogP contribution >= 0.6 is 0 Å². The van der Waals surface area contributed by atoms with E-state index in [0.717, 1.165) is 36.1 Å². The fourth-order valence-corrected chi connectivity index (χ4v) is 3.99. The third-order valence-electron chi connectivity index (χ3n) is 5.59. The summed E-state index contributed by atoms with van der Waals surface area (Å²) in [5.74, 6) is 0.489. The number of allylic oxidation sites excluding steroid dienone is 1. The molecule has 1 saturated carbocycles. The lowest BCUT2D eigenvalue weighted by Crippen LogP contribution is -2.42. The first kappa shape index (κ1) is 18.5. The van der Waals surface area contributed by atoms with Crippen LogP contribution in [-0.4, -0.2) is 17.1 Å². The molecule has 0 aliphatic heterocycles. The number of fused-ring (bicyclic) bond motifs is 1. The number of amides is 1. The van der Waals surface area contributed by atoms with Crippen LogP contribution in [0.2, 0.25) is 0 Å². The summed E-state index contributed by atoms with van der Waals surface area (Å²) in [5, 5.41) is 13.1. The lowest BCUT2D eigenvalue weighted by Gasteiger charge is -2.45. The van der Waals surface area contributed by atoms with Crippen LogP contribution in [0, 0.1) is 5.41 Å². The molecule has 2 N–H and O–H groups in total. The van der Waals surface area contributed by atoms with Crippen molar-refractivity contribution in [3.05, 3.63) is 83.1 Å². The van der Waals surface area contributed by atoms with Crippen molar-refractivity contribution in [1.29, 1.82) is 0 Å². The third-order valence-corrected chi connectivity index (χ3v) is 5.59. The van der Waals surface area contributed by atoms with Gasteiger partial charge in [-0.15, -0.1) is 5.73 Å². The second kappa shape index (κ2) is 8.05. The van der Waals surface area contributed by atoms with E-state index in [2.05, 4.69) is 11.0 Å². The number of ether oxygens (including phenoxy) is 1. The fraction of sp³-hybridized carbons (Fsp3) is 0.333. The molecule has 4 nitrogen and oxygen atoms in total. The van der Waals surface area contributed by atoms with Gasteiger partial charge in [-0.05, 0) is 66.0 Å². The lowest BCUT2D eigenvalue weighted by atomic mass is 9.59. The zero-order valence-electron chi connectivity index (χ0n) is 15.9. The van der Waals surface area contributed by atoms with Gasteiger partial charge in [0.15, 0.2) is 0 Å². The predicted octanol–water partition coefficient (Wildman–Crippen LogP) is 3.90. The van der Waals surface area contributed by atoms with E-state index in [1.165, 1.54) is 5.57 Å². The van der Waals surface area contributed by atoms with Crippen molar-refractivity contribution in [1.82, 2.24) is 5.32 Å². The zero-order valence-corrected chi connectivity index (χ0v) is 15.9. The lowest BCUT2D eigenvalue weighted by molar-refractivity contribution is -0.131. The minimum absolute atomic E-state index is 0.0785. The quantitative estimate of drug-likeness (QED) is 0.688. The molecular weight excluding hydrogens is 350 g/mol. The number of hydrogen-bond donors (Lipinski definition) is 2. The van der Waals surface area contributed by atoms with E-state index in [9.17, 15) is 9.90 Å². The number of carbonyl (C=O) groups is 1. The number of aliphatic hydroxyl groups is 1. The molecule has 4 heteroatoms. The molecule has 28 heavy (non-hydrogen) atoms.